The van der Waals surface area contributed by atoms with Gasteiger partial charge in [0.25, 0.3) is 0 Å². The fourth-order valence-electron chi connectivity index (χ4n) is 2.69. The van der Waals surface area contributed by atoms with E-state index in [2.05, 4.69) is 37.2 Å². The van der Waals surface area contributed by atoms with Gasteiger partial charge in [-0.1, -0.05) is 5.21 Å². The Hall–Kier alpha value is -1.79. The number of pyridine rings is 1. The Morgan fingerprint density at radius 2 is 1.76 bits per heavy atom. The van der Waals surface area contributed by atoms with E-state index in [1.54, 1.807) is 0 Å². The van der Waals surface area contributed by atoms with Crippen LogP contribution in [0.2, 0.25) is 0 Å². The summed E-state index contributed by atoms with van der Waals surface area (Å²) in [6.07, 6.45) is 6.70. The number of aromatic nitrogens is 4. The van der Waals surface area contributed by atoms with Crippen LogP contribution in [0.4, 0.5) is 0 Å². The zero-order valence-electron chi connectivity index (χ0n) is 12.5. The van der Waals surface area contributed by atoms with Crippen molar-refractivity contribution in [1.82, 2.24) is 29.8 Å². The third-order valence-corrected chi connectivity index (χ3v) is 4.12. The van der Waals surface area contributed by atoms with Crippen LogP contribution in [-0.2, 0) is 20.0 Å². The van der Waals surface area contributed by atoms with Gasteiger partial charge in [0.15, 0.2) is 0 Å². The lowest BCUT2D eigenvalue weighted by molar-refractivity contribution is 0.126. The lowest BCUT2D eigenvalue weighted by atomic mass is 10.2. The van der Waals surface area contributed by atoms with Gasteiger partial charge in [-0.2, -0.15) is 0 Å². The second kappa shape index (κ2) is 6.78. The largest absolute Gasteiger partial charge is 0.300 e. The van der Waals surface area contributed by atoms with Crippen molar-refractivity contribution in [1.29, 1.82) is 0 Å². The van der Waals surface area contributed by atoms with E-state index in [1.807, 2.05) is 30.3 Å². The maximum atomic E-state index is 4.06. The summed E-state index contributed by atoms with van der Waals surface area (Å²) in [6.45, 7) is 6.57. The minimum Gasteiger partial charge on any atom is -0.300 e. The highest BCUT2D eigenvalue weighted by molar-refractivity contribution is 5.09. The van der Waals surface area contributed by atoms with Gasteiger partial charge in [0.1, 0.15) is 0 Å². The van der Waals surface area contributed by atoms with Crippen molar-refractivity contribution in [3.8, 4) is 0 Å². The molecule has 0 aliphatic carbocycles. The molecule has 2 aromatic rings. The molecule has 0 saturated carbocycles. The van der Waals surface area contributed by atoms with Crippen LogP contribution in [0.25, 0.3) is 0 Å². The fourth-order valence-corrected chi connectivity index (χ4v) is 2.69. The van der Waals surface area contributed by atoms with Crippen molar-refractivity contribution >= 4 is 0 Å². The first-order valence-corrected chi connectivity index (χ1v) is 7.48. The van der Waals surface area contributed by atoms with E-state index in [0.717, 1.165) is 45.7 Å². The molecule has 0 unspecified atom stereocenters. The van der Waals surface area contributed by atoms with E-state index >= 15 is 0 Å². The van der Waals surface area contributed by atoms with Gasteiger partial charge in [0.2, 0.25) is 0 Å². The summed E-state index contributed by atoms with van der Waals surface area (Å²) in [5.74, 6) is 0. The molecule has 0 amide bonds. The zero-order chi connectivity index (χ0) is 14.5. The van der Waals surface area contributed by atoms with Gasteiger partial charge in [0.05, 0.1) is 11.9 Å². The Balaban J connectivity index is 1.42. The molecule has 2 aromatic heterocycles. The Labute approximate surface area is 125 Å². The Morgan fingerprint density at radius 1 is 1.05 bits per heavy atom. The normalized spacial score (nSPS) is 17.2. The van der Waals surface area contributed by atoms with Gasteiger partial charge >= 0.3 is 0 Å². The molecule has 1 saturated heterocycles. The average Bonchev–Trinajstić information content (AvgIpc) is 2.93. The number of hydrogen-bond donors (Lipinski definition) is 0. The zero-order valence-corrected chi connectivity index (χ0v) is 12.5. The second-order valence-corrected chi connectivity index (χ2v) is 5.57. The van der Waals surface area contributed by atoms with E-state index in [9.17, 15) is 0 Å². The molecule has 1 aliphatic rings. The molecule has 0 N–H and O–H groups in total. The first-order valence-electron chi connectivity index (χ1n) is 7.48. The van der Waals surface area contributed by atoms with Crippen LogP contribution in [0, 0.1) is 0 Å². The number of piperazine rings is 1. The molecule has 0 atom stereocenters. The average molecular weight is 286 g/mol. The summed E-state index contributed by atoms with van der Waals surface area (Å²) in [6, 6.07) is 4.21. The molecule has 1 aliphatic heterocycles. The molecule has 1 fully saturated rings. The molecule has 0 bridgehead atoms. The molecule has 112 valence electrons. The lowest BCUT2D eigenvalue weighted by Gasteiger charge is -2.34. The van der Waals surface area contributed by atoms with E-state index in [1.165, 1.54) is 11.3 Å². The molecular weight excluding hydrogens is 264 g/mol. The van der Waals surface area contributed by atoms with E-state index in [0.29, 0.717) is 0 Å². The molecule has 3 heterocycles. The fraction of sp³-hybridized carbons (Fsp3) is 0.533. The first kappa shape index (κ1) is 14.2. The van der Waals surface area contributed by atoms with E-state index in [-0.39, 0.29) is 0 Å². The quantitative estimate of drug-likeness (QED) is 0.804. The molecule has 0 spiro atoms. The molecule has 6 heteroatoms. The number of rotatable bonds is 5. The van der Waals surface area contributed by atoms with Crippen LogP contribution < -0.4 is 0 Å². The Morgan fingerprint density at radius 3 is 2.43 bits per heavy atom. The SMILES string of the molecule is Cn1nncc1CN1CCN(CCc2ccncc2)CC1. The highest BCUT2D eigenvalue weighted by atomic mass is 15.4. The lowest BCUT2D eigenvalue weighted by Crippen LogP contribution is -2.46. The van der Waals surface area contributed by atoms with Crippen molar-refractivity contribution in [3.63, 3.8) is 0 Å². The van der Waals surface area contributed by atoms with Gasteiger partial charge < -0.3 is 4.90 Å². The molecule has 0 radical (unpaired) electrons. The standard InChI is InChI=1S/C15H22N6/c1-19-15(12-17-18-19)13-21-10-8-20(9-11-21)7-4-14-2-5-16-6-3-14/h2-3,5-6,12H,4,7-11,13H2,1H3. The van der Waals surface area contributed by atoms with Gasteiger partial charge in [-0.15, -0.1) is 5.10 Å². The summed E-state index contributed by atoms with van der Waals surface area (Å²) in [7, 11) is 1.95. The van der Waals surface area contributed by atoms with Gasteiger partial charge in [-0.05, 0) is 24.1 Å². The number of hydrogen-bond acceptors (Lipinski definition) is 5. The first-order chi connectivity index (χ1) is 10.3. The van der Waals surface area contributed by atoms with Crippen molar-refractivity contribution in [2.24, 2.45) is 7.05 Å². The minimum absolute atomic E-state index is 0.946. The van der Waals surface area contributed by atoms with Crippen LogP contribution in [0.15, 0.2) is 30.7 Å². The molecule has 6 nitrogen and oxygen atoms in total. The number of aryl methyl sites for hydroxylation is 1. The molecule has 21 heavy (non-hydrogen) atoms. The predicted octanol–water partition coefficient (Wildman–Crippen LogP) is 0.570. The highest BCUT2D eigenvalue weighted by Gasteiger charge is 2.17. The van der Waals surface area contributed by atoms with Crippen LogP contribution in [0.1, 0.15) is 11.3 Å². The third-order valence-electron chi connectivity index (χ3n) is 4.12. The van der Waals surface area contributed by atoms with Crippen molar-refractivity contribution in [2.75, 3.05) is 32.7 Å². The summed E-state index contributed by atoms with van der Waals surface area (Å²) in [5.41, 5.74) is 2.55. The Kier molecular flexibility index (Phi) is 4.57. The van der Waals surface area contributed by atoms with Crippen molar-refractivity contribution in [3.05, 3.63) is 42.0 Å². The van der Waals surface area contributed by atoms with Crippen molar-refractivity contribution < 1.29 is 0 Å². The van der Waals surface area contributed by atoms with Crippen LogP contribution in [-0.4, -0.2) is 62.5 Å². The molecular formula is C15H22N6. The minimum atomic E-state index is 0.946. The summed E-state index contributed by atoms with van der Waals surface area (Å²) >= 11 is 0. The summed E-state index contributed by atoms with van der Waals surface area (Å²) < 4.78 is 1.86. The van der Waals surface area contributed by atoms with E-state index < -0.39 is 0 Å². The van der Waals surface area contributed by atoms with Crippen LogP contribution >= 0.6 is 0 Å². The smallest absolute Gasteiger partial charge is 0.0738 e. The predicted molar refractivity (Wildman–Crippen MR) is 80.7 cm³/mol. The maximum Gasteiger partial charge on any atom is 0.0738 e. The highest BCUT2D eigenvalue weighted by Crippen LogP contribution is 2.08. The Bertz CT molecular complexity index is 544. The van der Waals surface area contributed by atoms with Crippen molar-refractivity contribution in [2.45, 2.75) is 13.0 Å². The summed E-state index contributed by atoms with van der Waals surface area (Å²) in [4.78, 5) is 9.07. The molecule has 3 rings (SSSR count). The summed E-state index contributed by atoms with van der Waals surface area (Å²) in [5, 5.41) is 7.92. The third kappa shape index (κ3) is 3.86. The number of nitrogens with zero attached hydrogens (tertiary/aromatic N) is 6. The van der Waals surface area contributed by atoms with Gasteiger partial charge in [-0.3, -0.25) is 14.6 Å². The molecule has 0 aromatic carbocycles. The van der Waals surface area contributed by atoms with Crippen LogP contribution in [0.5, 0.6) is 0 Å². The van der Waals surface area contributed by atoms with Gasteiger partial charge in [-0.25, -0.2) is 0 Å². The van der Waals surface area contributed by atoms with Crippen LogP contribution in [0.3, 0.4) is 0 Å². The maximum absolute atomic E-state index is 4.06. The second-order valence-electron chi connectivity index (χ2n) is 5.57. The van der Waals surface area contributed by atoms with E-state index in [4.69, 9.17) is 0 Å². The van der Waals surface area contributed by atoms with Gasteiger partial charge in [0, 0.05) is 58.7 Å². The topological polar surface area (TPSA) is 50.1 Å². The monoisotopic (exact) mass is 286 g/mol.